The molecule has 8 nitrogen and oxygen atoms in total. The fraction of sp³-hybridized carbons (Fsp3) is 0.357. The minimum Gasteiger partial charge on any atom is -0.462 e. The highest BCUT2D eigenvalue weighted by atomic mass is 32.2. The third-order valence-corrected chi connectivity index (χ3v) is 6.48. The van der Waals surface area contributed by atoms with Gasteiger partial charge in [0, 0.05) is 0 Å². The summed E-state index contributed by atoms with van der Waals surface area (Å²) in [5, 5.41) is 8.38. The van der Waals surface area contributed by atoms with E-state index in [4.69, 9.17) is 10.5 Å². The van der Waals surface area contributed by atoms with Gasteiger partial charge in [0.2, 0.25) is 5.13 Å². The Morgan fingerprint density at radius 3 is 2.80 bits per heavy atom. The molecular weight excluding hydrogens is 382 g/mol. The number of nitrogens with two attached hydrogens (primary N) is 1. The highest BCUT2D eigenvalue weighted by molar-refractivity contribution is 8.01. The van der Waals surface area contributed by atoms with Crippen molar-refractivity contribution in [1.82, 2.24) is 20.2 Å². The first-order valence-electron chi connectivity index (χ1n) is 7.36. The minimum atomic E-state index is -0.435. The maximum absolute atomic E-state index is 12.5. The van der Waals surface area contributed by atoms with E-state index < -0.39 is 5.97 Å². The molecule has 0 saturated carbocycles. The van der Waals surface area contributed by atoms with Gasteiger partial charge in [-0.25, -0.2) is 9.78 Å². The molecule has 3 rings (SSSR count). The summed E-state index contributed by atoms with van der Waals surface area (Å²) in [4.78, 5) is 32.7. The number of fused-ring (bicyclic) bond motifs is 1. The number of nitrogen functional groups attached to an aromatic ring is 1. The molecular formula is C14H15N5O3S3. The standard InChI is InChI=1S/C14H15N5O3S3/c1-4-22-12(21)8-5(2)7-10(20)16-9(17-11(7)24-8)6(3)23-14-19-18-13(15)25-14/h6H,4H2,1-3H3,(H2,15,18)(H,16,17,20). The van der Waals surface area contributed by atoms with Crippen molar-refractivity contribution in [2.24, 2.45) is 0 Å². The molecule has 0 aliphatic carbocycles. The van der Waals surface area contributed by atoms with E-state index in [9.17, 15) is 9.59 Å². The predicted octanol–water partition coefficient (Wildman–Crippen LogP) is 2.76. The van der Waals surface area contributed by atoms with Gasteiger partial charge in [-0.2, -0.15) is 0 Å². The number of esters is 1. The molecule has 0 aromatic carbocycles. The molecule has 1 unspecified atom stereocenters. The fourth-order valence-electron chi connectivity index (χ4n) is 2.22. The van der Waals surface area contributed by atoms with Crippen molar-refractivity contribution in [1.29, 1.82) is 0 Å². The molecule has 0 aliphatic heterocycles. The summed E-state index contributed by atoms with van der Waals surface area (Å²) in [5.74, 6) is 0.0728. The summed E-state index contributed by atoms with van der Waals surface area (Å²) >= 11 is 3.85. The molecule has 11 heteroatoms. The normalized spacial score (nSPS) is 12.4. The molecule has 132 valence electrons. The van der Waals surface area contributed by atoms with Crippen LogP contribution in [0.25, 0.3) is 10.2 Å². The SMILES string of the molecule is CCOC(=O)c1sc2nc(C(C)Sc3nnc(N)s3)[nH]c(=O)c2c1C. The molecule has 0 amide bonds. The van der Waals surface area contributed by atoms with Crippen molar-refractivity contribution < 1.29 is 9.53 Å². The highest BCUT2D eigenvalue weighted by Crippen LogP contribution is 2.36. The number of aromatic amines is 1. The topological polar surface area (TPSA) is 124 Å². The monoisotopic (exact) mass is 397 g/mol. The van der Waals surface area contributed by atoms with Gasteiger partial charge >= 0.3 is 5.97 Å². The Hall–Kier alpha value is -1.98. The largest absolute Gasteiger partial charge is 0.462 e. The number of aryl methyl sites for hydroxylation is 1. The highest BCUT2D eigenvalue weighted by Gasteiger charge is 2.22. The number of nitrogens with one attached hydrogen (secondary N) is 1. The minimum absolute atomic E-state index is 0.155. The Labute approximate surface area is 154 Å². The van der Waals surface area contributed by atoms with Gasteiger partial charge in [0.25, 0.3) is 5.56 Å². The summed E-state index contributed by atoms with van der Waals surface area (Å²) in [7, 11) is 0. The molecule has 0 aliphatic rings. The van der Waals surface area contributed by atoms with Crippen molar-refractivity contribution in [2.75, 3.05) is 12.3 Å². The molecule has 3 aromatic heterocycles. The van der Waals surface area contributed by atoms with Crippen LogP contribution in [0.1, 0.15) is 40.2 Å². The molecule has 0 fully saturated rings. The summed E-state index contributed by atoms with van der Waals surface area (Å²) in [6.07, 6.45) is 0. The van der Waals surface area contributed by atoms with Gasteiger partial charge in [0.05, 0.1) is 17.2 Å². The summed E-state index contributed by atoms with van der Waals surface area (Å²) in [6.45, 7) is 5.64. The number of aromatic nitrogens is 4. The van der Waals surface area contributed by atoms with E-state index >= 15 is 0 Å². The number of anilines is 1. The Balaban J connectivity index is 1.98. The average molecular weight is 398 g/mol. The summed E-state index contributed by atoms with van der Waals surface area (Å²) in [6, 6.07) is 0. The van der Waals surface area contributed by atoms with Crippen molar-refractivity contribution in [2.45, 2.75) is 30.4 Å². The molecule has 0 radical (unpaired) electrons. The van der Waals surface area contributed by atoms with Crippen molar-refractivity contribution in [3.05, 3.63) is 26.6 Å². The van der Waals surface area contributed by atoms with Crippen LogP contribution >= 0.6 is 34.4 Å². The fourth-order valence-corrected chi connectivity index (χ4v) is 5.14. The first kappa shape index (κ1) is 17.8. The number of hydrogen-bond acceptors (Lipinski definition) is 10. The number of rotatable bonds is 5. The number of hydrogen-bond donors (Lipinski definition) is 2. The Morgan fingerprint density at radius 1 is 1.40 bits per heavy atom. The van der Waals surface area contributed by atoms with Gasteiger partial charge in [-0.3, -0.25) is 4.79 Å². The Kier molecular flexibility index (Phi) is 5.06. The van der Waals surface area contributed by atoms with E-state index in [2.05, 4.69) is 20.2 Å². The first-order valence-corrected chi connectivity index (χ1v) is 9.88. The van der Waals surface area contributed by atoms with Crippen LogP contribution in [0.2, 0.25) is 0 Å². The number of ether oxygens (including phenoxy) is 1. The lowest BCUT2D eigenvalue weighted by atomic mass is 10.2. The predicted molar refractivity (Wildman–Crippen MR) is 99.5 cm³/mol. The number of carbonyl (C=O) groups excluding carboxylic acids is 1. The number of thiophene rings is 1. The van der Waals surface area contributed by atoms with Gasteiger partial charge in [-0.15, -0.1) is 21.5 Å². The Morgan fingerprint density at radius 2 is 2.16 bits per heavy atom. The van der Waals surface area contributed by atoms with Gasteiger partial charge in [0.15, 0.2) is 4.34 Å². The molecule has 3 N–H and O–H groups in total. The lowest BCUT2D eigenvalue weighted by Gasteiger charge is -2.07. The van der Waals surface area contributed by atoms with E-state index in [-0.39, 0.29) is 17.4 Å². The van der Waals surface area contributed by atoms with Crippen LogP contribution in [0.5, 0.6) is 0 Å². The van der Waals surface area contributed by atoms with Crippen LogP contribution in [0.15, 0.2) is 9.13 Å². The zero-order valence-electron chi connectivity index (χ0n) is 13.7. The van der Waals surface area contributed by atoms with Crippen LogP contribution < -0.4 is 11.3 Å². The number of thioether (sulfide) groups is 1. The first-order chi connectivity index (χ1) is 11.9. The maximum atomic E-state index is 12.5. The second kappa shape index (κ2) is 7.10. The lowest BCUT2D eigenvalue weighted by molar-refractivity contribution is 0.0531. The third-order valence-electron chi connectivity index (χ3n) is 3.36. The summed E-state index contributed by atoms with van der Waals surface area (Å²) in [5.41, 5.74) is 5.90. The number of nitrogens with zero attached hydrogens (tertiary/aromatic N) is 3. The van der Waals surface area contributed by atoms with Gasteiger partial charge < -0.3 is 15.5 Å². The number of H-pyrrole nitrogens is 1. The Bertz CT molecular complexity index is 993. The zero-order chi connectivity index (χ0) is 18.1. The molecule has 0 saturated heterocycles. The van der Waals surface area contributed by atoms with E-state index in [0.717, 1.165) is 0 Å². The van der Waals surface area contributed by atoms with Crippen molar-refractivity contribution >= 4 is 55.8 Å². The summed E-state index contributed by atoms with van der Waals surface area (Å²) < 4.78 is 5.74. The zero-order valence-corrected chi connectivity index (χ0v) is 16.1. The molecule has 1 atom stereocenters. The molecule has 3 aromatic rings. The van der Waals surface area contributed by atoms with E-state index in [1.54, 1.807) is 13.8 Å². The van der Waals surface area contributed by atoms with Crippen molar-refractivity contribution in [3.8, 4) is 0 Å². The van der Waals surface area contributed by atoms with E-state index in [1.807, 2.05) is 6.92 Å². The molecule has 0 spiro atoms. The lowest BCUT2D eigenvalue weighted by Crippen LogP contribution is -2.12. The van der Waals surface area contributed by atoms with Crippen LogP contribution in [-0.4, -0.2) is 32.7 Å². The third kappa shape index (κ3) is 3.53. The van der Waals surface area contributed by atoms with Gasteiger partial charge in [0.1, 0.15) is 15.5 Å². The van der Waals surface area contributed by atoms with Crippen LogP contribution in [0.4, 0.5) is 5.13 Å². The quantitative estimate of drug-likeness (QED) is 0.497. The van der Waals surface area contributed by atoms with Crippen LogP contribution in [-0.2, 0) is 4.74 Å². The van der Waals surface area contributed by atoms with Gasteiger partial charge in [-0.1, -0.05) is 23.1 Å². The smallest absolute Gasteiger partial charge is 0.348 e. The van der Waals surface area contributed by atoms with Crippen molar-refractivity contribution in [3.63, 3.8) is 0 Å². The van der Waals surface area contributed by atoms with E-state index in [1.165, 1.54) is 34.4 Å². The van der Waals surface area contributed by atoms with Gasteiger partial charge in [-0.05, 0) is 26.3 Å². The second-order valence-electron chi connectivity index (χ2n) is 5.07. The molecule has 25 heavy (non-hydrogen) atoms. The second-order valence-corrected chi connectivity index (χ2v) is 8.67. The number of carbonyl (C=O) groups is 1. The average Bonchev–Trinajstić information content (AvgIpc) is 3.11. The maximum Gasteiger partial charge on any atom is 0.348 e. The van der Waals surface area contributed by atoms with E-state index in [0.29, 0.717) is 36.0 Å². The van der Waals surface area contributed by atoms with Crippen LogP contribution in [0.3, 0.4) is 0 Å². The molecule has 3 heterocycles. The van der Waals surface area contributed by atoms with Crippen LogP contribution in [0, 0.1) is 6.92 Å². The molecule has 0 bridgehead atoms.